The molecule has 0 aliphatic carbocycles. The fourth-order valence-electron chi connectivity index (χ4n) is 3.42. The first-order valence-corrected chi connectivity index (χ1v) is 8.54. The summed E-state index contributed by atoms with van der Waals surface area (Å²) in [5.74, 6) is -3.34. The zero-order valence-electron chi connectivity index (χ0n) is 14.5. The number of nitrogens with one attached hydrogen (secondary N) is 1. The molecule has 1 fully saturated rings. The molecule has 0 bridgehead atoms. The van der Waals surface area contributed by atoms with Gasteiger partial charge in [0.05, 0.1) is 12.2 Å². The summed E-state index contributed by atoms with van der Waals surface area (Å²) < 4.78 is 29.3. The van der Waals surface area contributed by atoms with Crippen molar-refractivity contribution >= 4 is 29.0 Å². The number of anilines is 2. The number of hydrogen-bond donors (Lipinski definition) is 2. The molecule has 0 spiro atoms. The molecule has 1 aliphatic rings. The lowest BCUT2D eigenvalue weighted by atomic mass is 10.0. The Bertz CT molecular complexity index is 1080. The molecule has 2 aromatic heterocycles. The van der Waals surface area contributed by atoms with Crippen molar-refractivity contribution in [1.29, 1.82) is 0 Å². The van der Waals surface area contributed by atoms with Gasteiger partial charge in [-0.1, -0.05) is 0 Å². The van der Waals surface area contributed by atoms with Crippen molar-refractivity contribution in [3.8, 4) is 0 Å². The van der Waals surface area contributed by atoms with Crippen molar-refractivity contribution in [2.45, 2.75) is 18.9 Å². The topological polar surface area (TPSA) is 99.8 Å². The Hall–Kier alpha value is -3.56. The van der Waals surface area contributed by atoms with Crippen molar-refractivity contribution in [2.75, 3.05) is 16.8 Å². The molecule has 1 amide bonds. The number of benzene rings is 1. The van der Waals surface area contributed by atoms with Crippen LogP contribution in [0.4, 0.5) is 20.3 Å². The molecule has 0 radical (unpaired) electrons. The van der Waals surface area contributed by atoms with E-state index in [4.69, 9.17) is 5.11 Å². The van der Waals surface area contributed by atoms with Crippen LogP contribution in [-0.4, -0.2) is 38.1 Å². The molecule has 8 nitrogen and oxygen atoms in total. The third-order valence-corrected chi connectivity index (χ3v) is 4.66. The van der Waals surface area contributed by atoms with Gasteiger partial charge < -0.3 is 15.3 Å². The number of aromatic nitrogens is 3. The van der Waals surface area contributed by atoms with Gasteiger partial charge in [0.25, 0.3) is 0 Å². The fraction of sp³-hybridized carbons (Fsp3) is 0.222. The number of rotatable bonds is 3. The van der Waals surface area contributed by atoms with E-state index in [1.807, 2.05) is 4.90 Å². The first kappa shape index (κ1) is 17.8. The number of carboxylic acids is 1. The van der Waals surface area contributed by atoms with Gasteiger partial charge in [-0.15, -0.1) is 0 Å². The third kappa shape index (κ3) is 3.13. The highest BCUT2D eigenvalue weighted by atomic mass is 19.1. The van der Waals surface area contributed by atoms with Crippen LogP contribution in [0.1, 0.15) is 24.4 Å². The minimum Gasteiger partial charge on any atom is -0.474 e. The van der Waals surface area contributed by atoms with Gasteiger partial charge in [0.2, 0.25) is 0 Å². The summed E-state index contributed by atoms with van der Waals surface area (Å²) in [5, 5.41) is 15.0. The summed E-state index contributed by atoms with van der Waals surface area (Å²) >= 11 is 0. The van der Waals surface area contributed by atoms with Crippen LogP contribution in [0.3, 0.4) is 0 Å². The maximum Gasteiger partial charge on any atom is 0.394 e. The van der Waals surface area contributed by atoms with Gasteiger partial charge in [-0.25, -0.2) is 23.1 Å². The van der Waals surface area contributed by atoms with E-state index in [1.54, 1.807) is 12.3 Å². The standard InChI is InChI=1S/C18H15F2N5O3/c19-10-3-4-12(20)11(8-10)14-2-1-6-24(14)15-5-7-25-16(23-15)13(9-21-25)22-17(26)18(27)28/h3-5,7-9,14H,1-2,6H2,(H,22,26)(H,27,28)/t14-/m1/s1. The van der Waals surface area contributed by atoms with Crippen LogP contribution >= 0.6 is 0 Å². The Kier molecular flexibility index (Phi) is 4.38. The average Bonchev–Trinajstić information content (AvgIpc) is 3.30. The first-order chi connectivity index (χ1) is 13.4. The second-order valence-electron chi connectivity index (χ2n) is 6.39. The van der Waals surface area contributed by atoms with E-state index < -0.39 is 23.5 Å². The summed E-state index contributed by atoms with van der Waals surface area (Å²) in [7, 11) is 0. The Morgan fingerprint density at radius 1 is 1.25 bits per heavy atom. The van der Waals surface area contributed by atoms with Gasteiger partial charge >= 0.3 is 11.9 Å². The number of amides is 1. The zero-order chi connectivity index (χ0) is 19.8. The van der Waals surface area contributed by atoms with E-state index in [0.717, 1.165) is 18.6 Å². The quantitative estimate of drug-likeness (QED) is 0.670. The predicted octanol–water partition coefficient (Wildman–Crippen LogP) is 2.37. The van der Waals surface area contributed by atoms with Gasteiger partial charge in [0.1, 0.15) is 23.1 Å². The maximum atomic E-state index is 14.3. The molecule has 28 heavy (non-hydrogen) atoms. The van der Waals surface area contributed by atoms with Crippen molar-refractivity contribution in [3.63, 3.8) is 0 Å². The summed E-state index contributed by atoms with van der Waals surface area (Å²) in [6.45, 7) is 0.592. The molecule has 0 unspecified atom stereocenters. The lowest BCUT2D eigenvalue weighted by Crippen LogP contribution is -2.25. The molecule has 4 rings (SSSR count). The summed E-state index contributed by atoms with van der Waals surface area (Å²) in [4.78, 5) is 28.5. The molecule has 1 atom stereocenters. The van der Waals surface area contributed by atoms with E-state index in [2.05, 4.69) is 15.4 Å². The lowest BCUT2D eigenvalue weighted by molar-refractivity contribution is -0.147. The zero-order valence-corrected chi connectivity index (χ0v) is 14.5. The number of fused-ring (bicyclic) bond motifs is 1. The molecule has 10 heteroatoms. The smallest absolute Gasteiger partial charge is 0.394 e. The van der Waals surface area contributed by atoms with E-state index in [0.29, 0.717) is 18.8 Å². The predicted molar refractivity (Wildman–Crippen MR) is 94.9 cm³/mol. The summed E-state index contributed by atoms with van der Waals surface area (Å²) in [6, 6.07) is 4.66. The highest BCUT2D eigenvalue weighted by Crippen LogP contribution is 2.37. The molecule has 1 saturated heterocycles. The molecular weight excluding hydrogens is 372 g/mol. The van der Waals surface area contributed by atoms with Crippen LogP contribution in [0.15, 0.2) is 36.7 Å². The Balaban J connectivity index is 1.70. The molecule has 3 aromatic rings. The minimum atomic E-state index is -1.63. The van der Waals surface area contributed by atoms with Gasteiger partial charge in [-0.2, -0.15) is 5.10 Å². The van der Waals surface area contributed by atoms with Crippen molar-refractivity contribution < 1.29 is 23.5 Å². The summed E-state index contributed by atoms with van der Waals surface area (Å²) in [5.41, 5.74) is 0.645. The second kappa shape index (κ2) is 6.87. The molecule has 1 aliphatic heterocycles. The highest BCUT2D eigenvalue weighted by Gasteiger charge is 2.30. The van der Waals surface area contributed by atoms with Crippen LogP contribution < -0.4 is 10.2 Å². The van der Waals surface area contributed by atoms with Crippen LogP contribution in [0.25, 0.3) is 5.65 Å². The lowest BCUT2D eigenvalue weighted by Gasteiger charge is -2.26. The van der Waals surface area contributed by atoms with E-state index in [1.165, 1.54) is 16.8 Å². The first-order valence-electron chi connectivity index (χ1n) is 8.54. The van der Waals surface area contributed by atoms with Crippen LogP contribution in [0.2, 0.25) is 0 Å². The minimum absolute atomic E-state index is 0.141. The number of hydrogen-bond acceptors (Lipinski definition) is 5. The van der Waals surface area contributed by atoms with E-state index in [9.17, 15) is 18.4 Å². The Labute approximate surface area is 157 Å². The fourth-order valence-corrected chi connectivity index (χ4v) is 3.42. The van der Waals surface area contributed by atoms with Crippen molar-refractivity contribution in [1.82, 2.24) is 14.6 Å². The van der Waals surface area contributed by atoms with Gasteiger partial charge in [-0.3, -0.25) is 4.79 Å². The Morgan fingerprint density at radius 2 is 2.07 bits per heavy atom. The molecule has 1 aromatic carbocycles. The highest BCUT2D eigenvalue weighted by molar-refractivity contribution is 6.36. The van der Waals surface area contributed by atoms with Gasteiger partial charge in [-0.05, 0) is 37.1 Å². The number of carbonyl (C=O) groups is 2. The SMILES string of the molecule is O=C(O)C(=O)Nc1cnn2ccc(N3CCC[C@@H]3c3cc(F)ccc3F)nc12. The molecule has 2 N–H and O–H groups in total. The third-order valence-electron chi connectivity index (χ3n) is 4.66. The number of carboxylic acid groups (broad SMARTS) is 1. The molecule has 0 saturated carbocycles. The van der Waals surface area contributed by atoms with Crippen LogP contribution in [-0.2, 0) is 9.59 Å². The number of carbonyl (C=O) groups excluding carboxylic acids is 1. The monoisotopic (exact) mass is 387 g/mol. The number of aliphatic carboxylic acids is 1. The molecule has 3 heterocycles. The second-order valence-corrected chi connectivity index (χ2v) is 6.39. The number of nitrogens with zero attached hydrogens (tertiary/aromatic N) is 4. The van der Waals surface area contributed by atoms with Crippen LogP contribution in [0, 0.1) is 11.6 Å². The maximum absolute atomic E-state index is 14.3. The normalized spacial score (nSPS) is 16.5. The molecular formula is C18H15F2N5O3. The van der Waals surface area contributed by atoms with E-state index in [-0.39, 0.29) is 22.9 Å². The largest absolute Gasteiger partial charge is 0.474 e. The van der Waals surface area contributed by atoms with E-state index >= 15 is 0 Å². The average molecular weight is 387 g/mol. The van der Waals surface area contributed by atoms with Crippen LogP contribution in [0.5, 0.6) is 0 Å². The summed E-state index contributed by atoms with van der Waals surface area (Å²) in [6.07, 6.45) is 4.30. The Morgan fingerprint density at radius 3 is 2.86 bits per heavy atom. The van der Waals surface area contributed by atoms with Gasteiger partial charge in [0.15, 0.2) is 5.65 Å². The van der Waals surface area contributed by atoms with Crippen molar-refractivity contribution in [2.24, 2.45) is 0 Å². The number of halogens is 2. The van der Waals surface area contributed by atoms with Crippen molar-refractivity contribution in [3.05, 3.63) is 53.9 Å². The molecule has 144 valence electrons. The van der Waals surface area contributed by atoms with Gasteiger partial charge in [0, 0.05) is 18.3 Å².